The van der Waals surface area contributed by atoms with Gasteiger partial charge in [0.25, 0.3) is 0 Å². The summed E-state index contributed by atoms with van der Waals surface area (Å²) in [5.41, 5.74) is 0. The van der Waals surface area contributed by atoms with Gasteiger partial charge in [0.2, 0.25) is 0 Å². The molecule has 1 aliphatic rings. The maximum Gasteiger partial charge on any atom is 0.114 e. The molecule has 5 nitrogen and oxygen atoms in total. The first-order valence-corrected chi connectivity index (χ1v) is 8.05. The van der Waals surface area contributed by atoms with Gasteiger partial charge in [0.1, 0.15) is 24.4 Å². The van der Waals surface area contributed by atoms with E-state index in [1.54, 1.807) is 0 Å². The van der Waals surface area contributed by atoms with Crippen molar-refractivity contribution in [1.82, 2.24) is 0 Å². The van der Waals surface area contributed by atoms with Crippen molar-refractivity contribution >= 4 is 0 Å². The van der Waals surface area contributed by atoms with Crippen LogP contribution in [0.15, 0.2) is 12.2 Å². The van der Waals surface area contributed by atoms with Crippen LogP contribution in [0.25, 0.3) is 0 Å². The third kappa shape index (κ3) is 6.89. The van der Waals surface area contributed by atoms with Crippen LogP contribution in [0.5, 0.6) is 0 Å². The molecular formula is C16H30O5. The number of aliphatic hydroxyl groups is 3. The number of hydrogen-bond donors (Lipinski definition) is 3. The summed E-state index contributed by atoms with van der Waals surface area (Å²) in [6.45, 7) is 2.47. The number of aliphatic hydroxyl groups excluding tert-OH is 3. The molecule has 0 aliphatic carbocycles. The van der Waals surface area contributed by atoms with Gasteiger partial charge in [0, 0.05) is 6.61 Å². The predicted octanol–water partition coefficient (Wildman–Crippen LogP) is 1.40. The van der Waals surface area contributed by atoms with Crippen LogP contribution in [0.2, 0.25) is 0 Å². The molecule has 0 spiro atoms. The van der Waals surface area contributed by atoms with Crippen LogP contribution in [0, 0.1) is 0 Å². The molecule has 3 N–H and O–H groups in total. The van der Waals surface area contributed by atoms with E-state index in [1.807, 2.05) is 0 Å². The van der Waals surface area contributed by atoms with Gasteiger partial charge in [-0.2, -0.15) is 0 Å². The molecular weight excluding hydrogens is 272 g/mol. The largest absolute Gasteiger partial charge is 0.394 e. The van der Waals surface area contributed by atoms with Crippen LogP contribution in [0.1, 0.15) is 45.4 Å². The fourth-order valence-electron chi connectivity index (χ4n) is 2.42. The molecule has 124 valence electrons. The molecule has 0 aromatic carbocycles. The predicted molar refractivity (Wildman–Crippen MR) is 81.1 cm³/mol. The summed E-state index contributed by atoms with van der Waals surface area (Å²) in [6, 6.07) is 0. The minimum atomic E-state index is -1.00. The SMILES string of the molecule is CCC/C=C/CCCCCO[C@@H]1[C@H]([C@@H](O)CO)OC[C@H]1O. The van der Waals surface area contributed by atoms with E-state index in [4.69, 9.17) is 14.6 Å². The van der Waals surface area contributed by atoms with Crippen molar-refractivity contribution in [3.63, 3.8) is 0 Å². The van der Waals surface area contributed by atoms with Crippen LogP contribution < -0.4 is 0 Å². The molecule has 1 aliphatic heterocycles. The number of ether oxygens (including phenoxy) is 2. The summed E-state index contributed by atoms with van der Waals surface area (Å²) in [5, 5.41) is 28.3. The normalized spacial score (nSPS) is 27.5. The average Bonchev–Trinajstić information content (AvgIpc) is 2.86. The number of rotatable bonds is 11. The zero-order valence-electron chi connectivity index (χ0n) is 13.0. The Labute approximate surface area is 127 Å². The molecule has 0 saturated carbocycles. The van der Waals surface area contributed by atoms with Crippen molar-refractivity contribution in [3.05, 3.63) is 12.2 Å². The fraction of sp³-hybridized carbons (Fsp3) is 0.875. The van der Waals surface area contributed by atoms with Gasteiger partial charge in [-0.1, -0.05) is 31.9 Å². The summed E-state index contributed by atoms with van der Waals surface area (Å²) in [4.78, 5) is 0. The summed E-state index contributed by atoms with van der Waals surface area (Å²) >= 11 is 0. The third-order valence-electron chi connectivity index (χ3n) is 3.68. The zero-order chi connectivity index (χ0) is 15.5. The monoisotopic (exact) mass is 302 g/mol. The topological polar surface area (TPSA) is 79.2 Å². The maximum absolute atomic E-state index is 9.78. The van der Waals surface area contributed by atoms with Gasteiger partial charge < -0.3 is 24.8 Å². The molecule has 21 heavy (non-hydrogen) atoms. The van der Waals surface area contributed by atoms with Crippen molar-refractivity contribution in [2.45, 2.75) is 69.9 Å². The molecule has 4 atom stereocenters. The van der Waals surface area contributed by atoms with Crippen LogP contribution in [0.3, 0.4) is 0 Å². The first-order valence-electron chi connectivity index (χ1n) is 8.05. The molecule has 5 heteroatoms. The van der Waals surface area contributed by atoms with Gasteiger partial charge in [-0.25, -0.2) is 0 Å². The fourth-order valence-corrected chi connectivity index (χ4v) is 2.42. The summed E-state index contributed by atoms with van der Waals surface area (Å²) in [6.07, 6.45) is 8.12. The maximum atomic E-state index is 9.78. The van der Waals surface area contributed by atoms with Crippen LogP contribution >= 0.6 is 0 Å². The van der Waals surface area contributed by atoms with E-state index in [0.29, 0.717) is 6.61 Å². The van der Waals surface area contributed by atoms with E-state index in [2.05, 4.69) is 19.1 Å². The van der Waals surface area contributed by atoms with E-state index in [0.717, 1.165) is 32.1 Å². The van der Waals surface area contributed by atoms with Gasteiger partial charge in [-0.3, -0.25) is 0 Å². The van der Waals surface area contributed by atoms with E-state index in [-0.39, 0.29) is 13.2 Å². The molecule has 1 heterocycles. The second kappa shape index (κ2) is 11.2. The molecule has 0 aromatic rings. The number of hydrogen-bond acceptors (Lipinski definition) is 5. The Kier molecular flexibility index (Phi) is 9.87. The van der Waals surface area contributed by atoms with Crippen molar-refractivity contribution in [2.75, 3.05) is 19.8 Å². The van der Waals surface area contributed by atoms with Crippen LogP contribution in [-0.2, 0) is 9.47 Å². The average molecular weight is 302 g/mol. The molecule has 0 unspecified atom stereocenters. The highest BCUT2D eigenvalue weighted by molar-refractivity contribution is 4.89. The number of allylic oxidation sites excluding steroid dienone is 2. The standard InChI is InChI=1S/C16H30O5/c1-2-3-4-5-6-7-8-9-10-20-16-14(19)12-21-15(16)13(18)11-17/h4-5,13-19H,2-3,6-12H2,1H3/b5-4+/t13-,14+,15-,16-/m0/s1. The Balaban J connectivity index is 2.10. The quantitative estimate of drug-likeness (QED) is 0.397. The first-order chi connectivity index (χ1) is 10.2. The lowest BCUT2D eigenvalue weighted by atomic mass is 10.1. The zero-order valence-corrected chi connectivity index (χ0v) is 13.0. The highest BCUT2D eigenvalue weighted by Gasteiger charge is 2.40. The van der Waals surface area contributed by atoms with Gasteiger partial charge in [-0.05, 0) is 25.7 Å². The summed E-state index contributed by atoms with van der Waals surface area (Å²) in [5.74, 6) is 0. The van der Waals surface area contributed by atoms with E-state index >= 15 is 0 Å². The Morgan fingerprint density at radius 2 is 2.00 bits per heavy atom. The highest BCUT2D eigenvalue weighted by Crippen LogP contribution is 2.21. The second-order valence-corrected chi connectivity index (χ2v) is 5.56. The Hall–Kier alpha value is -0.460. The van der Waals surface area contributed by atoms with Gasteiger partial charge in [0.15, 0.2) is 0 Å². The lowest BCUT2D eigenvalue weighted by molar-refractivity contribution is -0.0937. The molecule has 1 rings (SSSR count). The molecule has 0 radical (unpaired) electrons. The first kappa shape index (κ1) is 18.6. The minimum absolute atomic E-state index is 0.147. The summed E-state index contributed by atoms with van der Waals surface area (Å²) in [7, 11) is 0. The minimum Gasteiger partial charge on any atom is -0.394 e. The van der Waals surface area contributed by atoms with Crippen molar-refractivity contribution in [2.24, 2.45) is 0 Å². The van der Waals surface area contributed by atoms with Crippen LogP contribution in [-0.4, -0.2) is 59.6 Å². The Bertz CT molecular complexity index is 282. The van der Waals surface area contributed by atoms with Gasteiger partial charge in [-0.15, -0.1) is 0 Å². The number of unbranched alkanes of at least 4 members (excludes halogenated alkanes) is 4. The molecule has 1 fully saturated rings. The highest BCUT2D eigenvalue weighted by atomic mass is 16.6. The molecule has 0 aromatic heterocycles. The molecule has 1 saturated heterocycles. The van der Waals surface area contributed by atoms with E-state index in [9.17, 15) is 10.2 Å². The van der Waals surface area contributed by atoms with E-state index < -0.39 is 24.4 Å². The lowest BCUT2D eigenvalue weighted by Crippen LogP contribution is -2.42. The Morgan fingerprint density at radius 1 is 1.24 bits per heavy atom. The summed E-state index contributed by atoms with van der Waals surface area (Å²) < 4.78 is 10.9. The third-order valence-corrected chi connectivity index (χ3v) is 3.68. The molecule has 0 bridgehead atoms. The lowest BCUT2D eigenvalue weighted by Gasteiger charge is -2.23. The van der Waals surface area contributed by atoms with Crippen molar-refractivity contribution in [3.8, 4) is 0 Å². The van der Waals surface area contributed by atoms with Crippen LogP contribution in [0.4, 0.5) is 0 Å². The molecule has 0 amide bonds. The second-order valence-electron chi connectivity index (χ2n) is 5.56. The van der Waals surface area contributed by atoms with Gasteiger partial charge >= 0.3 is 0 Å². The van der Waals surface area contributed by atoms with Crippen molar-refractivity contribution in [1.29, 1.82) is 0 Å². The van der Waals surface area contributed by atoms with Gasteiger partial charge in [0.05, 0.1) is 13.2 Å². The van der Waals surface area contributed by atoms with Crippen molar-refractivity contribution < 1.29 is 24.8 Å². The Morgan fingerprint density at radius 3 is 2.71 bits per heavy atom. The smallest absolute Gasteiger partial charge is 0.114 e. The van der Waals surface area contributed by atoms with E-state index in [1.165, 1.54) is 6.42 Å².